The van der Waals surface area contributed by atoms with E-state index in [-0.39, 0.29) is 18.1 Å². The molecule has 0 radical (unpaired) electrons. The van der Waals surface area contributed by atoms with Crippen LogP contribution in [0.3, 0.4) is 0 Å². The van der Waals surface area contributed by atoms with Gasteiger partial charge in [0.15, 0.2) is 0 Å². The lowest BCUT2D eigenvalue weighted by atomic mass is 10.0. The molecule has 1 aliphatic carbocycles. The standard InChI is InChI=1S/C29H31N3O2S/c1-18-13-21-7-4-12-30-27(21)16-26(18)29(34)32-19(2)20-5-3-6-22(14-20)28-11-10-25(35-28)17-31-23-8-9-24(33)15-23/h3-7,10-14,16,19,23-24,31,33H,8-9,15,17H2,1-2H3,(H,32,34)/t19-,23?,24-/m1/s1. The molecule has 2 aromatic carbocycles. The molecule has 3 atom stereocenters. The number of hydrogen-bond acceptors (Lipinski definition) is 5. The quantitative estimate of drug-likeness (QED) is 0.311. The highest BCUT2D eigenvalue weighted by Crippen LogP contribution is 2.30. The van der Waals surface area contributed by atoms with E-state index >= 15 is 0 Å². The molecule has 3 N–H and O–H groups in total. The van der Waals surface area contributed by atoms with E-state index in [0.717, 1.165) is 53.4 Å². The number of aryl methyl sites for hydroxylation is 1. The molecule has 5 nitrogen and oxygen atoms in total. The van der Waals surface area contributed by atoms with Crippen LogP contribution in [0.2, 0.25) is 0 Å². The number of hydrogen-bond donors (Lipinski definition) is 3. The zero-order valence-corrected chi connectivity index (χ0v) is 20.9. The zero-order chi connectivity index (χ0) is 24.4. The van der Waals surface area contributed by atoms with Crippen molar-refractivity contribution in [2.45, 2.75) is 57.8 Å². The number of thiophene rings is 1. The highest BCUT2D eigenvalue weighted by atomic mass is 32.1. The highest BCUT2D eigenvalue weighted by Gasteiger charge is 2.22. The molecule has 0 spiro atoms. The average Bonchev–Trinajstić information content (AvgIpc) is 3.51. The van der Waals surface area contributed by atoms with E-state index in [1.807, 2.05) is 38.1 Å². The van der Waals surface area contributed by atoms with Crippen molar-refractivity contribution < 1.29 is 9.90 Å². The lowest BCUT2D eigenvalue weighted by Crippen LogP contribution is -2.27. The molecule has 6 heteroatoms. The number of aliphatic hydroxyl groups excluding tert-OH is 1. The Morgan fingerprint density at radius 3 is 2.86 bits per heavy atom. The van der Waals surface area contributed by atoms with Crippen LogP contribution in [-0.4, -0.2) is 28.1 Å². The molecule has 0 bridgehead atoms. The monoisotopic (exact) mass is 485 g/mol. The number of pyridine rings is 1. The van der Waals surface area contributed by atoms with Gasteiger partial charge in [-0.3, -0.25) is 9.78 Å². The Bertz CT molecular complexity index is 1350. The summed E-state index contributed by atoms with van der Waals surface area (Å²) in [4.78, 5) is 20.0. The minimum Gasteiger partial charge on any atom is -0.393 e. The Morgan fingerprint density at radius 2 is 2.03 bits per heavy atom. The van der Waals surface area contributed by atoms with Gasteiger partial charge in [-0.15, -0.1) is 11.3 Å². The number of nitrogens with zero attached hydrogens (tertiary/aromatic N) is 1. The van der Waals surface area contributed by atoms with Gasteiger partial charge in [0.25, 0.3) is 5.91 Å². The molecule has 1 amide bonds. The smallest absolute Gasteiger partial charge is 0.252 e. The van der Waals surface area contributed by atoms with Gasteiger partial charge in [0.05, 0.1) is 17.7 Å². The maximum atomic E-state index is 13.1. The second-order valence-electron chi connectivity index (χ2n) is 9.49. The molecule has 180 valence electrons. The van der Waals surface area contributed by atoms with Crippen LogP contribution in [0.4, 0.5) is 0 Å². The minimum atomic E-state index is -0.154. The first kappa shape index (κ1) is 23.7. The Morgan fingerprint density at radius 1 is 1.14 bits per heavy atom. The Labute approximate surface area is 210 Å². The second-order valence-corrected chi connectivity index (χ2v) is 10.7. The normalized spacial score (nSPS) is 18.6. The SMILES string of the molecule is Cc1cc2cccnc2cc1C(=O)N[C@H](C)c1cccc(-c2ccc(CNC3CC[C@@H](O)C3)s2)c1. The molecule has 2 aromatic heterocycles. The molecule has 1 aliphatic rings. The molecule has 1 fully saturated rings. The maximum absolute atomic E-state index is 13.1. The number of carbonyl (C=O) groups excluding carboxylic acids is 1. The molecule has 35 heavy (non-hydrogen) atoms. The average molecular weight is 486 g/mol. The fourth-order valence-electron chi connectivity index (χ4n) is 4.81. The molecule has 1 unspecified atom stereocenters. The van der Waals surface area contributed by atoms with Crippen LogP contribution in [0.5, 0.6) is 0 Å². The third kappa shape index (κ3) is 5.45. The van der Waals surface area contributed by atoms with Gasteiger partial charge in [-0.2, -0.15) is 0 Å². The first-order chi connectivity index (χ1) is 17.0. The van der Waals surface area contributed by atoms with E-state index in [9.17, 15) is 9.90 Å². The van der Waals surface area contributed by atoms with Crippen LogP contribution < -0.4 is 10.6 Å². The van der Waals surface area contributed by atoms with Crippen molar-refractivity contribution in [3.8, 4) is 10.4 Å². The lowest BCUT2D eigenvalue weighted by Gasteiger charge is -2.16. The van der Waals surface area contributed by atoms with E-state index in [0.29, 0.717) is 11.6 Å². The number of amides is 1. The predicted molar refractivity (Wildman–Crippen MR) is 143 cm³/mol. The third-order valence-corrected chi connectivity index (χ3v) is 7.98. The van der Waals surface area contributed by atoms with Gasteiger partial charge in [-0.1, -0.05) is 24.3 Å². The van der Waals surface area contributed by atoms with E-state index in [4.69, 9.17) is 0 Å². The maximum Gasteiger partial charge on any atom is 0.252 e. The van der Waals surface area contributed by atoms with E-state index in [1.54, 1.807) is 17.5 Å². The topological polar surface area (TPSA) is 74.2 Å². The summed E-state index contributed by atoms with van der Waals surface area (Å²) in [6, 6.07) is 20.8. The molecule has 2 heterocycles. The first-order valence-electron chi connectivity index (χ1n) is 12.2. The molecule has 0 aliphatic heterocycles. The number of rotatable bonds is 7. The number of aliphatic hydroxyl groups is 1. The van der Waals surface area contributed by atoms with Gasteiger partial charge in [0.2, 0.25) is 0 Å². The zero-order valence-electron chi connectivity index (χ0n) is 20.1. The first-order valence-corrected chi connectivity index (χ1v) is 13.0. The van der Waals surface area contributed by atoms with Gasteiger partial charge in [-0.25, -0.2) is 0 Å². The van der Waals surface area contributed by atoms with Crippen molar-refractivity contribution in [2.75, 3.05) is 0 Å². The summed E-state index contributed by atoms with van der Waals surface area (Å²) in [7, 11) is 0. The van der Waals surface area contributed by atoms with Crippen molar-refractivity contribution in [2.24, 2.45) is 0 Å². The largest absolute Gasteiger partial charge is 0.393 e. The van der Waals surface area contributed by atoms with Crippen LogP contribution in [0.25, 0.3) is 21.3 Å². The summed E-state index contributed by atoms with van der Waals surface area (Å²) in [5.41, 5.74) is 4.65. The third-order valence-electron chi connectivity index (χ3n) is 6.84. The van der Waals surface area contributed by atoms with Gasteiger partial charge >= 0.3 is 0 Å². The van der Waals surface area contributed by atoms with Crippen molar-refractivity contribution in [1.29, 1.82) is 0 Å². The summed E-state index contributed by atoms with van der Waals surface area (Å²) in [6.07, 6.45) is 4.38. The van der Waals surface area contributed by atoms with Crippen molar-refractivity contribution >= 4 is 28.1 Å². The van der Waals surface area contributed by atoms with Gasteiger partial charge < -0.3 is 15.7 Å². The van der Waals surface area contributed by atoms with Crippen molar-refractivity contribution in [3.63, 3.8) is 0 Å². The summed E-state index contributed by atoms with van der Waals surface area (Å²) in [5.74, 6) is -0.0885. The summed E-state index contributed by atoms with van der Waals surface area (Å²) in [5, 5.41) is 17.5. The van der Waals surface area contributed by atoms with Gasteiger partial charge in [0, 0.05) is 39.5 Å². The fraction of sp³-hybridized carbons (Fsp3) is 0.310. The molecule has 4 aromatic rings. The summed E-state index contributed by atoms with van der Waals surface area (Å²) < 4.78 is 0. The molecule has 0 saturated heterocycles. The number of carbonyl (C=O) groups is 1. The van der Waals surface area contributed by atoms with E-state index < -0.39 is 0 Å². The molecular weight excluding hydrogens is 454 g/mol. The second kappa shape index (κ2) is 10.3. The van der Waals surface area contributed by atoms with E-state index in [2.05, 4.69) is 52.0 Å². The van der Waals surface area contributed by atoms with Gasteiger partial charge in [-0.05, 0) is 86.2 Å². The Kier molecular flexibility index (Phi) is 6.95. The number of aromatic nitrogens is 1. The van der Waals surface area contributed by atoms with Crippen molar-refractivity contribution in [1.82, 2.24) is 15.6 Å². The molecule has 5 rings (SSSR count). The molecular formula is C29H31N3O2S. The fourth-order valence-corrected chi connectivity index (χ4v) is 5.77. The van der Waals surface area contributed by atoms with Gasteiger partial charge in [0.1, 0.15) is 0 Å². The Balaban J connectivity index is 1.26. The predicted octanol–water partition coefficient (Wildman–Crippen LogP) is 5.77. The highest BCUT2D eigenvalue weighted by molar-refractivity contribution is 7.15. The Hall–Kier alpha value is -3.06. The summed E-state index contributed by atoms with van der Waals surface area (Å²) >= 11 is 1.79. The van der Waals surface area contributed by atoms with Crippen LogP contribution in [0.1, 0.15) is 58.6 Å². The minimum absolute atomic E-state index is 0.0885. The summed E-state index contributed by atoms with van der Waals surface area (Å²) in [6.45, 7) is 4.81. The van der Waals surface area contributed by atoms with Crippen LogP contribution in [0.15, 0.2) is 66.9 Å². The lowest BCUT2D eigenvalue weighted by molar-refractivity contribution is 0.0939. The van der Waals surface area contributed by atoms with Crippen LogP contribution in [-0.2, 0) is 6.54 Å². The number of nitrogens with one attached hydrogen (secondary N) is 2. The van der Waals surface area contributed by atoms with E-state index in [1.165, 1.54) is 9.75 Å². The van der Waals surface area contributed by atoms with Crippen molar-refractivity contribution in [3.05, 3.63) is 88.4 Å². The number of benzene rings is 2. The van der Waals surface area contributed by atoms with Crippen LogP contribution >= 0.6 is 11.3 Å². The number of fused-ring (bicyclic) bond motifs is 1. The van der Waals surface area contributed by atoms with Crippen LogP contribution in [0, 0.1) is 6.92 Å². The molecule has 1 saturated carbocycles.